The zero-order chi connectivity index (χ0) is 10.6. The maximum atomic E-state index is 9.39. The fourth-order valence-electron chi connectivity index (χ4n) is 1.12. The third-order valence-corrected chi connectivity index (χ3v) is 1.82. The fraction of sp³-hybridized carbons (Fsp3) is 0.400. The van der Waals surface area contributed by atoms with Crippen molar-refractivity contribution >= 4 is 0 Å². The number of nitrogens with one attached hydrogen (secondary N) is 1. The predicted molar refractivity (Wildman–Crippen MR) is 53.2 cm³/mol. The van der Waals surface area contributed by atoms with E-state index in [0.29, 0.717) is 18.7 Å². The molecule has 0 saturated heterocycles. The summed E-state index contributed by atoms with van der Waals surface area (Å²) < 4.78 is 0. The standard InChI is InChI=1S/C10H15NO3/c1-7(12)5-11-6-8-2-3-9(13)4-10(8)14/h2-4,7,11-14H,5-6H2,1H3/t7-/m0/s1. The van der Waals surface area contributed by atoms with Gasteiger partial charge in [0.15, 0.2) is 0 Å². The zero-order valence-electron chi connectivity index (χ0n) is 8.07. The van der Waals surface area contributed by atoms with Crippen molar-refractivity contribution in [2.24, 2.45) is 0 Å². The lowest BCUT2D eigenvalue weighted by molar-refractivity contribution is 0.191. The average Bonchev–Trinajstić information content (AvgIpc) is 2.08. The summed E-state index contributed by atoms with van der Waals surface area (Å²) in [5.74, 6) is 0.102. The van der Waals surface area contributed by atoms with Crippen LogP contribution < -0.4 is 5.32 Å². The Morgan fingerprint density at radius 1 is 1.36 bits per heavy atom. The maximum Gasteiger partial charge on any atom is 0.123 e. The van der Waals surface area contributed by atoms with Crippen LogP contribution in [0.1, 0.15) is 12.5 Å². The van der Waals surface area contributed by atoms with Crippen LogP contribution in [0.5, 0.6) is 11.5 Å². The highest BCUT2D eigenvalue weighted by atomic mass is 16.3. The second-order valence-corrected chi connectivity index (χ2v) is 3.29. The molecule has 0 spiro atoms. The van der Waals surface area contributed by atoms with Crippen LogP contribution in [-0.2, 0) is 6.54 Å². The molecule has 4 nitrogen and oxygen atoms in total. The van der Waals surface area contributed by atoms with Gasteiger partial charge in [0.25, 0.3) is 0 Å². The van der Waals surface area contributed by atoms with E-state index in [1.165, 1.54) is 12.1 Å². The Hall–Kier alpha value is -1.26. The van der Waals surface area contributed by atoms with Crippen LogP contribution in [0, 0.1) is 0 Å². The van der Waals surface area contributed by atoms with E-state index in [2.05, 4.69) is 5.32 Å². The van der Waals surface area contributed by atoms with Crippen LogP contribution in [0.2, 0.25) is 0 Å². The van der Waals surface area contributed by atoms with E-state index in [9.17, 15) is 5.11 Å². The van der Waals surface area contributed by atoms with Gasteiger partial charge in [-0.2, -0.15) is 0 Å². The first-order valence-corrected chi connectivity index (χ1v) is 4.49. The Kier molecular flexibility index (Phi) is 3.73. The summed E-state index contributed by atoms with van der Waals surface area (Å²) in [7, 11) is 0. The highest BCUT2D eigenvalue weighted by Gasteiger charge is 2.02. The lowest BCUT2D eigenvalue weighted by atomic mass is 10.2. The number of hydrogen-bond acceptors (Lipinski definition) is 4. The predicted octanol–water partition coefficient (Wildman–Crippen LogP) is 0.568. The summed E-state index contributed by atoms with van der Waals surface area (Å²) in [5.41, 5.74) is 0.698. The molecule has 0 aliphatic heterocycles. The van der Waals surface area contributed by atoms with Gasteiger partial charge in [0.05, 0.1) is 6.10 Å². The quantitative estimate of drug-likeness (QED) is 0.569. The van der Waals surface area contributed by atoms with Crippen molar-refractivity contribution in [1.29, 1.82) is 0 Å². The van der Waals surface area contributed by atoms with Crippen LogP contribution in [-0.4, -0.2) is 28.0 Å². The van der Waals surface area contributed by atoms with Crippen molar-refractivity contribution in [3.05, 3.63) is 23.8 Å². The number of hydrogen-bond donors (Lipinski definition) is 4. The second kappa shape index (κ2) is 4.83. The Morgan fingerprint density at radius 3 is 2.64 bits per heavy atom. The lowest BCUT2D eigenvalue weighted by Gasteiger charge is -2.08. The Balaban J connectivity index is 2.51. The van der Waals surface area contributed by atoms with Crippen LogP contribution in [0.25, 0.3) is 0 Å². The molecule has 0 heterocycles. The minimum Gasteiger partial charge on any atom is -0.508 e. The molecule has 0 radical (unpaired) electrons. The molecule has 0 aliphatic rings. The van der Waals surface area contributed by atoms with Gasteiger partial charge in [0, 0.05) is 24.7 Å². The highest BCUT2D eigenvalue weighted by Crippen LogP contribution is 2.21. The number of aliphatic hydroxyl groups excluding tert-OH is 1. The topological polar surface area (TPSA) is 72.7 Å². The minimum atomic E-state index is -0.408. The molecule has 1 aromatic rings. The number of aromatic hydroxyl groups is 2. The van der Waals surface area contributed by atoms with E-state index in [1.807, 2.05) is 0 Å². The van der Waals surface area contributed by atoms with E-state index in [-0.39, 0.29) is 11.5 Å². The largest absolute Gasteiger partial charge is 0.508 e. The summed E-state index contributed by atoms with van der Waals surface area (Å²) in [6, 6.07) is 4.44. The second-order valence-electron chi connectivity index (χ2n) is 3.29. The lowest BCUT2D eigenvalue weighted by Crippen LogP contribution is -2.23. The number of benzene rings is 1. The monoisotopic (exact) mass is 197 g/mol. The summed E-state index contributed by atoms with van der Waals surface area (Å²) in [6.07, 6.45) is -0.408. The van der Waals surface area contributed by atoms with Crippen LogP contribution >= 0.6 is 0 Å². The molecule has 4 heteroatoms. The normalized spacial score (nSPS) is 12.7. The molecule has 1 atom stereocenters. The van der Waals surface area contributed by atoms with Gasteiger partial charge in [0.2, 0.25) is 0 Å². The first-order chi connectivity index (χ1) is 6.59. The third kappa shape index (κ3) is 3.24. The SMILES string of the molecule is C[C@H](O)CNCc1ccc(O)cc1O. The van der Waals surface area contributed by atoms with E-state index in [0.717, 1.165) is 0 Å². The Labute approximate surface area is 82.8 Å². The molecule has 14 heavy (non-hydrogen) atoms. The molecule has 1 aromatic carbocycles. The smallest absolute Gasteiger partial charge is 0.123 e. The summed E-state index contributed by atoms with van der Waals surface area (Å²) >= 11 is 0. The Morgan fingerprint density at radius 2 is 2.07 bits per heavy atom. The fourth-order valence-corrected chi connectivity index (χ4v) is 1.12. The van der Waals surface area contributed by atoms with E-state index in [4.69, 9.17) is 10.2 Å². The van der Waals surface area contributed by atoms with Gasteiger partial charge in [-0.15, -0.1) is 0 Å². The highest BCUT2D eigenvalue weighted by molar-refractivity contribution is 5.38. The molecule has 4 N–H and O–H groups in total. The molecule has 78 valence electrons. The summed E-state index contributed by atoms with van der Waals surface area (Å²) in [4.78, 5) is 0. The van der Waals surface area contributed by atoms with Gasteiger partial charge >= 0.3 is 0 Å². The van der Waals surface area contributed by atoms with Gasteiger partial charge < -0.3 is 20.6 Å². The molecular formula is C10H15NO3. The van der Waals surface area contributed by atoms with Crippen molar-refractivity contribution in [1.82, 2.24) is 5.32 Å². The van der Waals surface area contributed by atoms with E-state index in [1.54, 1.807) is 13.0 Å². The van der Waals surface area contributed by atoms with Gasteiger partial charge in [-0.1, -0.05) is 6.07 Å². The number of aliphatic hydroxyl groups is 1. The van der Waals surface area contributed by atoms with Crippen molar-refractivity contribution < 1.29 is 15.3 Å². The first-order valence-electron chi connectivity index (χ1n) is 4.49. The van der Waals surface area contributed by atoms with Crippen LogP contribution in [0.3, 0.4) is 0 Å². The number of phenols is 2. The molecule has 0 unspecified atom stereocenters. The van der Waals surface area contributed by atoms with Crippen LogP contribution in [0.15, 0.2) is 18.2 Å². The molecule has 0 amide bonds. The van der Waals surface area contributed by atoms with Crippen molar-refractivity contribution in [2.75, 3.05) is 6.54 Å². The number of phenolic OH excluding ortho intramolecular Hbond substituents is 2. The molecular weight excluding hydrogens is 182 g/mol. The van der Waals surface area contributed by atoms with Gasteiger partial charge in [-0.3, -0.25) is 0 Å². The third-order valence-electron chi connectivity index (χ3n) is 1.82. The summed E-state index contributed by atoms with van der Waals surface area (Å²) in [6.45, 7) is 2.63. The number of rotatable bonds is 4. The first kappa shape index (κ1) is 10.8. The molecule has 0 bridgehead atoms. The molecule has 0 aliphatic carbocycles. The van der Waals surface area contributed by atoms with Crippen molar-refractivity contribution in [3.8, 4) is 11.5 Å². The average molecular weight is 197 g/mol. The Bertz CT molecular complexity index is 299. The molecule has 0 saturated carbocycles. The van der Waals surface area contributed by atoms with Crippen molar-refractivity contribution in [3.63, 3.8) is 0 Å². The van der Waals surface area contributed by atoms with Gasteiger partial charge in [-0.25, -0.2) is 0 Å². The van der Waals surface area contributed by atoms with Gasteiger partial charge in [0.1, 0.15) is 11.5 Å². The molecule has 0 aromatic heterocycles. The zero-order valence-corrected chi connectivity index (χ0v) is 8.07. The summed E-state index contributed by atoms with van der Waals surface area (Å²) in [5, 5.41) is 30.4. The molecule has 0 fully saturated rings. The maximum absolute atomic E-state index is 9.39. The molecule has 1 rings (SSSR count). The van der Waals surface area contributed by atoms with E-state index < -0.39 is 6.10 Å². The van der Waals surface area contributed by atoms with Crippen LogP contribution in [0.4, 0.5) is 0 Å². The van der Waals surface area contributed by atoms with Gasteiger partial charge in [-0.05, 0) is 13.0 Å². The van der Waals surface area contributed by atoms with E-state index >= 15 is 0 Å². The minimum absolute atomic E-state index is 0.0433. The van der Waals surface area contributed by atoms with Crippen molar-refractivity contribution in [2.45, 2.75) is 19.6 Å².